The van der Waals surface area contributed by atoms with E-state index < -0.39 is 0 Å². The minimum Gasteiger partial charge on any atom is -0.362 e. The topological polar surface area (TPSA) is 48.7 Å². The summed E-state index contributed by atoms with van der Waals surface area (Å²) < 4.78 is 2.05. The van der Waals surface area contributed by atoms with Crippen LogP contribution in [0.4, 0.5) is 5.69 Å². The number of aryl methyl sites for hydroxylation is 2. The molecular weight excluding hydrogens is 348 g/mol. The average Bonchev–Trinajstić information content (AvgIpc) is 3.09. The zero-order valence-corrected chi connectivity index (χ0v) is 17.0. The third-order valence-corrected chi connectivity index (χ3v) is 6.56. The number of piperidine rings is 1. The maximum absolute atomic E-state index is 4.93. The first-order valence-electron chi connectivity index (χ1n) is 10.6. The number of anilines is 1. The first-order valence-corrected chi connectivity index (χ1v) is 10.6. The number of benzene rings is 1. The summed E-state index contributed by atoms with van der Waals surface area (Å²) in [5.41, 5.74) is 5.04. The maximum Gasteiger partial charge on any atom is 0.134 e. The summed E-state index contributed by atoms with van der Waals surface area (Å²) in [6.07, 6.45) is 5.58. The Morgan fingerprint density at radius 1 is 1.14 bits per heavy atom. The number of likely N-dealkylation sites (tertiary alicyclic amines) is 1. The number of fused-ring (bicyclic) bond motifs is 4. The third-order valence-electron chi connectivity index (χ3n) is 6.56. The van der Waals surface area contributed by atoms with E-state index in [-0.39, 0.29) is 5.66 Å². The number of aromatic nitrogens is 2. The molecule has 6 heteroatoms. The maximum atomic E-state index is 4.93. The van der Waals surface area contributed by atoms with Crippen LogP contribution in [0.15, 0.2) is 35.5 Å². The molecule has 6 nitrogen and oxygen atoms in total. The predicted octanol–water partition coefficient (Wildman–Crippen LogP) is 3.08. The number of aliphatic imine (C=N–C) groups is 1. The summed E-state index contributed by atoms with van der Waals surface area (Å²) in [7, 11) is 0. The smallest absolute Gasteiger partial charge is 0.134 e. The molecule has 3 aliphatic rings. The van der Waals surface area contributed by atoms with Crippen LogP contribution in [0.25, 0.3) is 0 Å². The van der Waals surface area contributed by atoms with Crippen molar-refractivity contribution >= 4 is 11.5 Å². The molecule has 1 aromatic heterocycles. The molecule has 1 aromatic carbocycles. The van der Waals surface area contributed by atoms with Gasteiger partial charge in [-0.05, 0) is 32.4 Å². The van der Waals surface area contributed by atoms with Crippen molar-refractivity contribution in [1.29, 1.82) is 0 Å². The van der Waals surface area contributed by atoms with E-state index >= 15 is 0 Å². The summed E-state index contributed by atoms with van der Waals surface area (Å²) >= 11 is 0. The van der Waals surface area contributed by atoms with Crippen molar-refractivity contribution in [1.82, 2.24) is 19.6 Å². The van der Waals surface area contributed by atoms with Gasteiger partial charge in [0.15, 0.2) is 0 Å². The lowest BCUT2D eigenvalue weighted by molar-refractivity contribution is 0.0799. The Hall–Kier alpha value is -2.34. The van der Waals surface area contributed by atoms with E-state index in [4.69, 9.17) is 4.99 Å². The molecule has 0 aliphatic carbocycles. The SMILES string of the molecule is CCn1cc(CN2CCC3(CC2)Nc2ccccc2C2=NCCCN23)c(C)n1. The quantitative estimate of drug-likeness (QED) is 0.892. The molecule has 1 spiro atoms. The molecule has 5 rings (SSSR count). The number of amidine groups is 1. The van der Waals surface area contributed by atoms with Crippen molar-refractivity contribution in [2.24, 2.45) is 4.99 Å². The van der Waals surface area contributed by atoms with E-state index in [9.17, 15) is 0 Å². The van der Waals surface area contributed by atoms with Crippen LogP contribution in [-0.4, -0.2) is 57.3 Å². The molecule has 0 amide bonds. The molecule has 3 aliphatic heterocycles. The van der Waals surface area contributed by atoms with Crippen molar-refractivity contribution in [3.63, 3.8) is 0 Å². The summed E-state index contributed by atoms with van der Waals surface area (Å²) in [5.74, 6) is 1.20. The Labute approximate surface area is 167 Å². The number of nitrogens with zero attached hydrogens (tertiary/aromatic N) is 5. The van der Waals surface area contributed by atoms with E-state index in [1.54, 1.807) is 0 Å². The lowest BCUT2D eigenvalue weighted by Gasteiger charge is -2.54. The molecule has 0 bridgehead atoms. The number of para-hydroxylation sites is 1. The number of hydrogen-bond acceptors (Lipinski definition) is 5. The van der Waals surface area contributed by atoms with Gasteiger partial charge >= 0.3 is 0 Å². The van der Waals surface area contributed by atoms with Crippen molar-refractivity contribution in [3.8, 4) is 0 Å². The van der Waals surface area contributed by atoms with Crippen LogP contribution in [0.2, 0.25) is 0 Å². The highest BCUT2D eigenvalue weighted by atomic mass is 15.4. The van der Waals surface area contributed by atoms with E-state index in [1.807, 2.05) is 4.68 Å². The van der Waals surface area contributed by atoms with Gasteiger partial charge in [-0.2, -0.15) is 5.10 Å². The third kappa shape index (κ3) is 2.91. The first kappa shape index (κ1) is 17.7. The molecule has 1 saturated heterocycles. The zero-order valence-electron chi connectivity index (χ0n) is 17.0. The van der Waals surface area contributed by atoms with Crippen molar-refractivity contribution < 1.29 is 0 Å². The van der Waals surface area contributed by atoms with Crippen LogP contribution in [0.5, 0.6) is 0 Å². The van der Waals surface area contributed by atoms with Gasteiger partial charge in [-0.1, -0.05) is 12.1 Å². The fraction of sp³-hybridized carbons (Fsp3) is 0.545. The molecular formula is C22H30N6. The van der Waals surface area contributed by atoms with Crippen molar-refractivity contribution in [3.05, 3.63) is 47.3 Å². The van der Waals surface area contributed by atoms with Gasteiger partial charge in [-0.3, -0.25) is 14.6 Å². The van der Waals surface area contributed by atoms with Gasteiger partial charge in [0.1, 0.15) is 11.5 Å². The summed E-state index contributed by atoms with van der Waals surface area (Å²) in [6, 6.07) is 8.66. The van der Waals surface area contributed by atoms with E-state index in [0.717, 1.165) is 64.2 Å². The Bertz CT molecular complexity index is 890. The number of hydrogen-bond donors (Lipinski definition) is 1. The zero-order chi connectivity index (χ0) is 19.1. The fourth-order valence-electron chi connectivity index (χ4n) is 4.95. The highest BCUT2D eigenvalue weighted by Crippen LogP contribution is 2.39. The summed E-state index contributed by atoms with van der Waals surface area (Å²) in [4.78, 5) is 10.1. The normalized spacial score (nSPS) is 21.1. The standard InChI is InChI=1S/C22H30N6/c1-3-27-16-18(17(2)25-27)15-26-13-9-22(10-14-26)24-20-8-5-4-7-19(20)21-23-11-6-12-28(21)22/h4-5,7-8,16,24H,3,6,9-15H2,1-2H3. The second-order valence-corrected chi connectivity index (χ2v) is 8.28. The highest BCUT2D eigenvalue weighted by molar-refractivity contribution is 6.06. The Kier molecular flexibility index (Phi) is 4.38. The summed E-state index contributed by atoms with van der Waals surface area (Å²) in [5, 5.41) is 8.53. The lowest BCUT2D eigenvalue weighted by atomic mass is 9.89. The molecule has 4 heterocycles. The van der Waals surface area contributed by atoms with Crippen LogP contribution < -0.4 is 5.32 Å². The molecule has 1 N–H and O–H groups in total. The lowest BCUT2D eigenvalue weighted by Crippen LogP contribution is -2.65. The minimum atomic E-state index is 0.00670. The van der Waals surface area contributed by atoms with Crippen LogP contribution in [0.3, 0.4) is 0 Å². The van der Waals surface area contributed by atoms with E-state index in [1.165, 1.54) is 22.6 Å². The molecule has 28 heavy (non-hydrogen) atoms. The highest BCUT2D eigenvalue weighted by Gasteiger charge is 2.45. The largest absolute Gasteiger partial charge is 0.362 e. The van der Waals surface area contributed by atoms with Crippen molar-refractivity contribution in [2.45, 2.75) is 51.9 Å². The predicted molar refractivity (Wildman–Crippen MR) is 113 cm³/mol. The molecule has 0 atom stereocenters. The Morgan fingerprint density at radius 3 is 2.75 bits per heavy atom. The second-order valence-electron chi connectivity index (χ2n) is 8.28. The van der Waals surface area contributed by atoms with Gasteiger partial charge < -0.3 is 10.2 Å². The monoisotopic (exact) mass is 378 g/mol. The first-order chi connectivity index (χ1) is 13.7. The molecule has 0 radical (unpaired) electrons. The van der Waals surface area contributed by atoms with Crippen molar-refractivity contribution in [2.75, 3.05) is 31.5 Å². The van der Waals surface area contributed by atoms with Crippen LogP contribution in [0, 0.1) is 6.92 Å². The summed E-state index contributed by atoms with van der Waals surface area (Å²) in [6.45, 7) is 10.4. The molecule has 0 saturated carbocycles. The van der Waals surface area contributed by atoms with Crippen LogP contribution in [0.1, 0.15) is 43.0 Å². The molecule has 1 fully saturated rings. The fourth-order valence-corrected chi connectivity index (χ4v) is 4.95. The van der Waals surface area contributed by atoms with E-state index in [2.05, 4.69) is 64.5 Å². The minimum absolute atomic E-state index is 0.00670. The van der Waals surface area contributed by atoms with Gasteiger partial charge in [0.05, 0.1) is 5.69 Å². The van der Waals surface area contributed by atoms with Gasteiger partial charge in [-0.15, -0.1) is 0 Å². The van der Waals surface area contributed by atoms with Crippen LogP contribution in [-0.2, 0) is 13.1 Å². The molecule has 0 unspecified atom stereocenters. The number of nitrogens with one attached hydrogen (secondary N) is 1. The average molecular weight is 379 g/mol. The second kappa shape index (κ2) is 6.92. The molecule has 2 aromatic rings. The van der Waals surface area contributed by atoms with Gasteiger partial charge in [-0.25, -0.2) is 0 Å². The van der Waals surface area contributed by atoms with Gasteiger partial charge in [0.2, 0.25) is 0 Å². The van der Waals surface area contributed by atoms with Gasteiger partial charge in [0, 0.05) is 75.1 Å². The Balaban J connectivity index is 1.35. The van der Waals surface area contributed by atoms with Crippen LogP contribution >= 0.6 is 0 Å². The molecule has 148 valence electrons. The number of rotatable bonds is 3. The Morgan fingerprint density at radius 2 is 1.96 bits per heavy atom. The van der Waals surface area contributed by atoms with Gasteiger partial charge in [0.25, 0.3) is 0 Å². The van der Waals surface area contributed by atoms with E-state index in [0.29, 0.717) is 0 Å².